The molecular weight excluding hydrogens is 358 g/mol. The fourth-order valence-electron chi connectivity index (χ4n) is 3.74. The predicted octanol–water partition coefficient (Wildman–Crippen LogP) is 1.77. The number of benzene rings is 1. The molecule has 3 rings (SSSR count). The van der Waals surface area contributed by atoms with Crippen molar-refractivity contribution in [1.82, 2.24) is 9.80 Å². The third-order valence-corrected chi connectivity index (χ3v) is 5.27. The Kier molecular flexibility index (Phi) is 7.28. The zero-order valence-electron chi connectivity index (χ0n) is 16.9. The maximum atomic E-state index is 11.7. The number of hydrogen-bond donors (Lipinski definition) is 1. The lowest BCUT2D eigenvalue weighted by Crippen LogP contribution is -2.48. The summed E-state index contributed by atoms with van der Waals surface area (Å²) in [4.78, 5) is 27.3. The van der Waals surface area contributed by atoms with Crippen LogP contribution in [0.5, 0.6) is 5.75 Å². The Morgan fingerprint density at radius 1 is 1.18 bits per heavy atom. The number of ether oxygens (including phenoxy) is 2. The number of para-hydroxylation sites is 1. The summed E-state index contributed by atoms with van der Waals surface area (Å²) in [7, 11) is 0. The Hall–Kier alpha value is -2.12. The molecule has 1 N–H and O–H groups in total. The molecule has 0 aromatic heterocycles. The van der Waals surface area contributed by atoms with Crippen molar-refractivity contribution in [2.24, 2.45) is 5.92 Å². The lowest BCUT2D eigenvalue weighted by molar-refractivity contribution is -0.141. The van der Waals surface area contributed by atoms with Crippen molar-refractivity contribution in [1.29, 1.82) is 0 Å². The van der Waals surface area contributed by atoms with Crippen LogP contribution in [0.4, 0.5) is 5.69 Å². The number of rotatable bonds is 8. The Morgan fingerprint density at radius 3 is 2.68 bits per heavy atom. The van der Waals surface area contributed by atoms with Gasteiger partial charge >= 0.3 is 5.97 Å². The van der Waals surface area contributed by atoms with Gasteiger partial charge in [0.05, 0.1) is 12.3 Å². The monoisotopic (exact) mass is 389 g/mol. The molecule has 0 radical (unpaired) electrons. The van der Waals surface area contributed by atoms with Gasteiger partial charge in [-0.05, 0) is 18.1 Å². The first kappa shape index (κ1) is 20.6. The second-order valence-corrected chi connectivity index (χ2v) is 7.74. The van der Waals surface area contributed by atoms with Crippen molar-refractivity contribution in [3.8, 4) is 5.75 Å². The SMILES string of the molecule is CC(=O)OCCN1CCN(CC(C)COc2cccc3c2NC(=O)CC3)CC1. The molecule has 1 amide bonds. The fraction of sp³-hybridized carbons (Fsp3) is 0.619. The molecule has 7 nitrogen and oxygen atoms in total. The second kappa shape index (κ2) is 9.89. The van der Waals surface area contributed by atoms with Crippen molar-refractivity contribution in [3.63, 3.8) is 0 Å². The number of esters is 1. The second-order valence-electron chi connectivity index (χ2n) is 7.74. The number of fused-ring (bicyclic) bond motifs is 1. The first-order valence-electron chi connectivity index (χ1n) is 10.1. The van der Waals surface area contributed by atoms with E-state index in [1.165, 1.54) is 6.92 Å². The molecule has 0 bridgehead atoms. The maximum Gasteiger partial charge on any atom is 0.302 e. The topological polar surface area (TPSA) is 71.1 Å². The minimum absolute atomic E-state index is 0.0585. The number of carbonyl (C=O) groups excluding carboxylic acids is 2. The van der Waals surface area contributed by atoms with Crippen LogP contribution in [-0.2, 0) is 20.7 Å². The zero-order valence-corrected chi connectivity index (χ0v) is 16.9. The summed E-state index contributed by atoms with van der Waals surface area (Å²) in [5, 5.41) is 2.95. The Labute approximate surface area is 167 Å². The summed E-state index contributed by atoms with van der Waals surface area (Å²) in [6, 6.07) is 5.97. The molecule has 1 unspecified atom stereocenters. The molecule has 7 heteroatoms. The van der Waals surface area contributed by atoms with Gasteiger partial charge in [0, 0.05) is 58.5 Å². The van der Waals surface area contributed by atoms with Crippen molar-refractivity contribution < 1.29 is 19.1 Å². The molecular formula is C21H31N3O4. The van der Waals surface area contributed by atoms with Crippen LogP contribution in [0.3, 0.4) is 0 Å². The number of nitrogens with one attached hydrogen (secondary N) is 1. The van der Waals surface area contributed by atoms with Crippen molar-refractivity contribution in [2.75, 3.05) is 57.8 Å². The summed E-state index contributed by atoms with van der Waals surface area (Å²) >= 11 is 0. The van der Waals surface area contributed by atoms with E-state index in [4.69, 9.17) is 9.47 Å². The van der Waals surface area contributed by atoms with Gasteiger partial charge < -0.3 is 19.7 Å². The van der Waals surface area contributed by atoms with E-state index in [-0.39, 0.29) is 11.9 Å². The number of amides is 1. The molecule has 1 fully saturated rings. The van der Waals surface area contributed by atoms with Gasteiger partial charge in [-0.3, -0.25) is 14.5 Å². The predicted molar refractivity (Wildman–Crippen MR) is 108 cm³/mol. The number of nitrogens with zero attached hydrogens (tertiary/aromatic N) is 2. The number of hydrogen-bond acceptors (Lipinski definition) is 6. The van der Waals surface area contributed by atoms with Crippen LogP contribution < -0.4 is 10.1 Å². The average Bonchev–Trinajstić information content (AvgIpc) is 2.67. The van der Waals surface area contributed by atoms with Gasteiger partial charge in [-0.15, -0.1) is 0 Å². The van der Waals surface area contributed by atoms with Gasteiger partial charge in [-0.2, -0.15) is 0 Å². The van der Waals surface area contributed by atoms with Crippen LogP contribution in [0.25, 0.3) is 0 Å². The van der Waals surface area contributed by atoms with Crippen LogP contribution in [0, 0.1) is 5.92 Å². The first-order chi connectivity index (χ1) is 13.5. The van der Waals surface area contributed by atoms with Gasteiger partial charge in [0.25, 0.3) is 0 Å². The minimum atomic E-state index is -0.216. The fourth-order valence-corrected chi connectivity index (χ4v) is 3.74. The number of piperazine rings is 1. The van der Waals surface area contributed by atoms with Crippen LogP contribution in [0.2, 0.25) is 0 Å². The van der Waals surface area contributed by atoms with E-state index in [9.17, 15) is 9.59 Å². The molecule has 0 spiro atoms. The molecule has 0 saturated carbocycles. The molecule has 1 aromatic carbocycles. The highest BCUT2D eigenvalue weighted by Gasteiger charge is 2.21. The third-order valence-electron chi connectivity index (χ3n) is 5.27. The Balaban J connectivity index is 1.39. The smallest absolute Gasteiger partial charge is 0.302 e. The van der Waals surface area contributed by atoms with Gasteiger partial charge in [0.2, 0.25) is 5.91 Å². The maximum absolute atomic E-state index is 11.7. The minimum Gasteiger partial charge on any atom is -0.491 e. The van der Waals surface area contributed by atoms with E-state index in [0.717, 1.165) is 62.7 Å². The van der Waals surface area contributed by atoms with Gasteiger partial charge in [0.15, 0.2) is 0 Å². The zero-order chi connectivity index (χ0) is 19.9. The number of anilines is 1. The number of aryl methyl sites for hydroxylation is 1. The molecule has 2 aliphatic rings. The molecule has 2 aliphatic heterocycles. The molecule has 28 heavy (non-hydrogen) atoms. The molecule has 1 saturated heterocycles. The third kappa shape index (κ3) is 5.94. The highest BCUT2D eigenvalue weighted by atomic mass is 16.5. The van der Waals surface area contributed by atoms with Crippen LogP contribution in [0.15, 0.2) is 18.2 Å². The lowest BCUT2D eigenvalue weighted by Gasteiger charge is -2.35. The standard InChI is InChI=1S/C21H31N3O4/c1-16(14-24-10-8-23(9-11-24)12-13-27-17(2)25)15-28-19-5-3-4-18-6-7-20(26)22-21(18)19/h3-5,16H,6-15H2,1-2H3,(H,22,26). The highest BCUT2D eigenvalue weighted by Crippen LogP contribution is 2.32. The molecule has 154 valence electrons. The summed E-state index contributed by atoms with van der Waals surface area (Å²) in [5.74, 6) is 1.00. The van der Waals surface area contributed by atoms with Crippen LogP contribution in [-0.4, -0.2) is 74.2 Å². The molecule has 0 aliphatic carbocycles. The summed E-state index contributed by atoms with van der Waals surface area (Å²) in [6.45, 7) is 10.5. The first-order valence-corrected chi connectivity index (χ1v) is 10.1. The summed E-state index contributed by atoms with van der Waals surface area (Å²) in [5.41, 5.74) is 1.99. The quantitative estimate of drug-likeness (QED) is 0.684. The largest absolute Gasteiger partial charge is 0.491 e. The van der Waals surface area contributed by atoms with Gasteiger partial charge in [-0.25, -0.2) is 0 Å². The average molecular weight is 389 g/mol. The Bertz CT molecular complexity index is 686. The summed E-state index contributed by atoms with van der Waals surface area (Å²) in [6.07, 6.45) is 1.31. The van der Waals surface area contributed by atoms with E-state index in [1.807, 2.05) is 18.2 Å². The van der Waals surface area contributed by atoms with Crippen LogP contribution in [0.1, 0.15) is 25.8 Å². The lowest BCUT2D eigenvalue weighted by atomic mass is 10.0. The molecule has 1 aromatic rings. The van der Waals surface area contributed by atoms with E-state index < -0.39 is 0 Å². The molecule has 2 heterocycles. The van der Waals surface area contributed by atoms with E-state index in [0.29, 0.717) is 25.6 Å². The number of carbonyl (C=O) groups is 2. The van der Waals surface area contributed by atoms with Gasteiger partial charge in [0.1, 0.15) is 12.4 Å². The van der Waals surface area contributed by atoms with Crippen LogP contribution >= 0.6 is 0 Å². The van der Waals surface area contributed by atoms with Crippen molar-refractivity contribution >= 4 is 17.6 Å². The summed E-state index contributed by atoms with van der Waals surface area (Å²) < 4.78 is 11.1. The normalized spacial score (nSPS) is 18.9. The molecule has 1 atom stereocenters. The Morgan fingerprint density at radius 2 is 1.93 bits per heavy atom. The van der Waals surface area contributed by atoms with Gasteiger partial charge in [-0.1, -0.05) is 19.1 Å². The van der Waals surface area contributed by atoms with E-state index >= 15 is 0 Å². The van der Waals surface area contributed by atoms with E-state index in [1.54, 1.807) is 0 Å². The van der Waals surface area contributed by atoms with E-state index in [2.05, 4.69) is 22.0 Å². The van der Waals surface area contributed by atoms with Crippen molar-refractivity contribution in [3.05, 3.63) is 23.8 Å². The van der Waals surface area contributed by atoms with Crippen molar-refractivity contribution in [2.45, 2.75) is 26.7 Å². The highest BCUT2D eigenvalue weighted by molar-refractivity contribution is 5.95.